The van der Waals surface area contributed by atoms with E-state index < -0.39 is 0 Å². The molecular formula is C15H16N2O3. The van der Waals surface area contributed by atoms with E-state index in [1.54, 1.807) is 12.1 Å². The van der Waals surface area contributed by atoms with Crippen molar-refractivity contribution < 1.29 is 15.0 Å². The number of amides is 1. The van der Waals surface area contributed by atoms with Gasteiger partial charge in [0.15, 0.2) is 11.5 Å². The predicted molar refractivity (Wildman–Crippen MR) is 76.8 cm³/mol. The standard InChI is InChI=1S/C15H16N2O3/c1-9(16)10-3-2-4-12(7-10)17-15(20)11-5-6-13(18)14(19)8-11/h2-9,18-19H,16H2,1H3,(H,17,20). The van der Waals surface area contributed by atoms with Gasteiger partial charge in [0, 0.05) is 17.3 Å². The van der Waals surface area contributed by atoms with Crippen LogP contribution in [0.1, 0.15) is 28.9 Å². The van der Waals surface area contributed by atoms with E-state index in [1.807, 2.05) is 19.1 Å². The molecule has 20 heavy (non-hydrogen) atoms. The summed E-state index contributed by atoms with van der Waals surface area (Å²) in [5.41, 5.74) is 7.58. The smallest absolute Gasteiger partial charge is 0.255 e. The zero-order valence-corrected chi connectivity index (χ0v) is 11.0. The Morgan fingerprint density at radius 3 is 2.55 bits per heavy atom. The molecular weight excluding hydrogens is 256 g/mol. The highest BCUT2D eigenvalue weighted by molar-refractivity contribution is 6.04. The normalized spacial score (nSPS) is 11.9. The second-order valence-corrected chi connectivity index (χ2v) is 4.57. The van der Waals surface area contributed by atoms with Gasteiger partial charge in [0.25, 0.3) is 5.91 Å². The molecule has 0 saturated heterocycles. The lowest BCUT2D eigenvalue weighted by atomic mass is 10.1. The van der Waals surface area contributed by atoms with Crippen molar-refractivity contribution in [2.75, 3.05) is 5.32 Å². The minimum Gasteiger partial charge on any atom is -0.504 e. The first-order valence-corrected chi connectivity index (χ1v) is 6.16. The molecule has 1 atom stereocenters. The van der Waals surface area contributed by atoms with Crippen LogP contribution < -0.4 is 11.1 Å². The third-order valence-corrected chi connectivity index (χ3v) is 2.91. The van der Waals surface area contributed by atoms with E-state index in [-0.39, 0.29) is 29.0 Å². The van der Waals surface area contributed by atoms with Gasteiger partial charge in [-0.25, -0.2) is 0 Å². The number of phenols is 2. The second-order valence-electron chi connectivity index (χ2n) is 4.57. The van der Waals surface area contributed by atoms with E-state index in [2.05, 4.69) is 5.32 Å². The van der Waals surface area contributed by atoms with Crippen LogP contribution in [0.3, 0.4) is 0 Å². The summed E-state index contributed by atoms with van der Waals surface area (Å²) in [5.74, 6) is -0.968. The maximum absolute atomic E-state index is 12.0. The van der Waals surface area contributed by atoms with E-state index in [4.69, 9.17) is 5.73 Å². The Bertz CT molecular complexity index is 639. The van der Waals surface area contributed by atoms with Crippen molar-refractivity contribution in [3.63, 3.8) is 0 Å². The maximum atomic E-state index is 12.0. The van der Waals surface area contributed by atoms with Gasteiger partial charge in [-0.05, 0) is 42.8 Å². The number of hydrogen-bond acceptors (Lipinski definition) is 4. The SMILES string of the molecule is CC(N)c1cccc(NC(=O)c2ccc(O)c(O)c2)c1. The molecule has 0 bridgehead atoms. The lowest BCUT2D eigenvalue weighted by Crippen LogP contribution is -2.12. The Morgan fingerprint density at radius 1 is 1.15 bits per heavy atom. The summed E-state index contributed by atoms with van der Waals surface area (Å²) in [7, 11) is 0. The third-order valence-electron chi connectivity index (χ3n) is 2.91. The molecule has 0 aromatic heterocycles. The Kier molecular flexibility index (Phi) is 3.91. The van der Waals surface area contributed by atoms with Gasteiger partial charge < -0.3 is 21.3 Å². The maximum Gasteiger partial charge on any atom is 0.255 e. The van der Waals surface area contributed by atoms with Gasteiger partial charge >= 0.3 is 0 Å². The number of carbonyl (C=O) groups is 1. The van der Waals surface area contributed by atoms with Crippen LogP contribution in [0, 0.1) is 0 Å². The predicted octanol–water partition coefficient (Wildman–Crippen LogP) is 2.37. The average Bonchev–Trinajstić information content (AvgIpc) is 2.42. The van der Waals surface area contributed by atoms with Gasteiger partial charge in [0.2, 0.25) is 0 Å². The number of nitrogens with two attached hydrogens (primary N) is 1. The van der Waals surface area contributed by atoms with Crippen LogP contribution in [0.5, 0.6) is 11.5 Å². The number of benzene rings is 2. The number of aromatic hydroxyl groups is 2. The van der Waals surface area contributed by atoms with Gasteiger partial charge in [-0.15, -0.1) is 0 Å². The Hall–Kier alpha value is -2.53. The third kappa shape index (κ3) is 3.07. The van der Waals surface area contributed by atoms with Crippen molar-refractivity contribution in [2.45, 2.75) is 13.0 Å². The van der Waals surface area contributed by atoms with Crippen LogP contribution in [0.4, 0.5) is 5.69 Å². The summed E-state index contributed by atoms with van der Waals surface area (Å²) in [6, 6.07) is 11.0. The number of carbonyl (C=O) groups excluding carboxylic acids is 1. The Balaban J connectivity index is 2.19. The van der Waals surface area contributed by atoms with Crippen molar-refractivity contribution >= 4 is 11.6 Å². The molecule has 0 heterocycles. The van der Waals surface area contributed by atoms with E-state index in [0.29, 0.717) is 5.69 Å². The molecule has 2 rings (SSSR count). The average molecular weight is 272 g/mol. The quantitative estimate of drug-likeness (QED) is 0.645. The van der Waals surface area contributed by atoms with Crippen LogP contribution in [0.25, 0.3) is 0 Å². The Labute approximate surface area is 116 Å². The minimum atomic E-state index is -0.373. The van der Waals surface area contributed by atoms with Gasteiger partial charge in [-0.2, -0.15) is 0 Å². The molecule has 5 heteroatoms. The first-order chi connectivity index (χ1) is 9.47. The van der Waals surface area contributed by atoms with Crippen molar-refractivity contribution in [3.05, 3.63) is 53.6 Å². The van der Waals surface area contributed by atoms with Crippen molar-refractivity contribution in [3.8, 4) is 11.5 Å². The monoisotopic (exact) mass is 272 g/mol. The van der Waals surface area contributed by atoms with Crippen molar-refractivity contribution in [1.29, 1.82) is 0 Å². The summed E-state index contributed by atoms with van der Waals surface area (Å²) >= 11 is 0. The minimum absolute atomic E-state index is 0.121. The van der Waals surface area contributed by atoms with Crippen LogP contribution in [0.15, 0.2) is 42.5 Å². The molecule has 0 spiro atoms. The zero-order chi connectivity index (χ0) is 14.7. The zero-order valence-electron chi connectivity index (χ0n) is 11.0. The van der Waals surface area contributed by atoms with Crippen molar-refractivity contribution in [2.24, 2.45) is 5.73 Å². The first kappa shape index (κ1) is 13.9. The highest BCUT2D eigenvalue weighted by atomic mass is 16.3. The van der Waals surface area contributed by atoms with Crippen LogP contribution in [-0.2, 0) is 0 Å². The molecule has 1 unspecified atom stereocenters. The van der Waals surface area contributed by atoms with E-state index >= 15 is 0 Å². The van der Waals surface area contributed by atoms with E-state index in [0.717, 1.165) is 5.56 Å². The molecule has 5 N–H and O–H groups in total. The van der Waals surface area contributed by atoms with Crippen LogP contribution >= 0.6 is 0 Å². The molecule has 0 radical (unpaired) electrons. The molecule has 0 aliphatic rings. The lowest BCUT2D eigenvalue weighted by molar-refractivity contribution is 0.102. The van der Waals surface area contributed by atoms with Crippen LogP contribution in [0.2, 0.25) is 0 Å². The van der Waals surface area contributed by atoms with Crippen LogP contribution in [-0.4, -0.2) is 16.1 Å². The number of rotatable bonds is 3. The summed E-state index contributed by atoms with van der Waals surface area (Å²) in [6.45, 7) is 1.86. The number of anilines is 1. The number of phenolic OH excluding ortho intramolecular Hbond substituents is 2. The van der Waals surface area contributed by atoms with Gasteiger partial charge in [0.05, 0.1) is 0 Å². The van der Waals surface area contributed by atoms with E-state index in [9.17, 15) is 15.0 Å². The van der Waals surface area contributed by atoms with E-state index in [1.165, 1.54) is 18.2 Å². The molecule has 0 aliphatic heterocycles. The van der Waals surface area contributed by atoms with Gasteiger partial charge in [-0.1, -0.05) is 12.1 Å². The van der Waals surface area contributed by atoms with Gasteiger partial charge in [0.1, 0.15) is 0 Å². The highest BCUT2D eigenvalue weighted by Crippen LogP contribution is 2.25. The number of hydrogen-bond donors (Lipinski definition) is 4. The molecule has 104 valence electrons. The fourth-order valence-corrected chi connectivity index (χ4v) is 1.77. The highest BCUT2D eigenvalue weighted by Gasteiger charge is 2.09. The molecule has 2 aromatic carbocycles. The summed E-state index contributed by atoms with van der Waals surface area (Å²) < 4.78 is 0. The fourth-order valence-electron chi connectivity index (χ4n) is 1.77. The number of nitrogens with one attached hydrogen (secondary N) is 1. The molecule has 0 aliphatic carbocycles. The fraction of sp³-hybridized carbons (Fsp3) is 0.133. The second kappa shape index (κ2) is 5.63. The Morgan fingerprint density at radius 2 is 1.90 bits per heavy atom. The molecule has 0 fully saturated rings. The topological polar surface area (TPSA) is 95.6 Å². The molecule has 0 saturated carbocycles. The molecule has 1 amide bonds. The first-order valence-electron chi connectivity index (χ1n) is 6.16. The summed E-state index contributed by atoms with van der Waals surface area (Å²) in [6.07, 6.45) is 0. The summed E-state index contributed by atoms with van der Waals surface area (Å²) in [4.78, 5) is 12.0. The largest absolute Gasteiger partial charge is 0.504 e. The molecule has 2 aromatic rings. The molecule has 5 nitrogen and oxygen atoms in total. The van der Waals surface area contributed by atoms with Gasteiger partial charge in [-0.3, -0.25) is 4.79 Å². The summed E-state index contributed by atoms with van der Waals surface area (Å²) in [5, 5.41) is 21.3. The lowest BCUT2D eigenvalue weighted by Gasteiger charge is -2.10. The van der Waals surface area contributed by atoms with Crippen molar-refractivity contribution in [1.82, 2.24) is 0 Å².